The highest BCUT2D eigenvalue weighted by atomic mass is 32.1. The van der Waals surface area contributed by atoms with E-state index < -0.39 is 11.8 Å². The number of ether oxygens (including phenoxy) is 3. The summed E-state index contributed by atoms with van der Waals surface area (Å²) in [6.45, 7) is 0.356. The molecule has 0 aliphatic carbocycles. The summed E-state index contributed by atoms with van der Waals surface area (Å²) < 4.78 is 15.7. The summed E-state index contributed by atoms with van der Waals surface area (Å²) in [5.74, 6) is -0.347. The van der Waals surface area contributed by atoms with Crippen molar-refractivity contribution >= 4 is 28.8 Å². The van der Waals surface area contributed by atoms with Gasteiger partial charge >= 0.3 is 11.8 Å². The van der Waals surface area contributed by atoms with Crippen LogP contribution in [0.4, 0.5) is 5.69 Å². The average molecular weight is 348 g/mol. The van der Waals surface area contributed by atoms with Crippen LogP contribution in [0.3, 0.4) is 0 Å². The lowest BCUT2D eigenvalue weighted by Crippen LogP contribution is -2.37. The maximum Gasteiger partial charge on any atom is 0.313 e. The summed E-state index contributed by atoms with van der Waals surface area (Å²) in [5, 5.41) is 8.95. The minimum Gasteiger partial charge on any atom is -0.454 e. The highest BCUT2D eigenvalue weighted by molar-refractivity contribution is 7.07. The highest BCUT2D eigenvalue weighted by Crippen LogP contribution is 2.34. The van der Waals surface area contributed by atoms with Gasteiger partial charge in [-0.05, 0) is 34.5 Å². The first-order valence-corrected chi connectivity index (χ1v) is 8.15. The Balaban J connectivity index is 1.54. The zero-order valence-corrected chi connectivity index (χ0v) is 13.7. The van der Waals surface area contributed by atoms with E-state index in [0.717, 1.165) is 5.56 Å². The number of benzene rings is 1. The quantitative estimate of drug-likeness (QED) is 0.807. The summed E-state index contributed by atoms with van der Waals surface area (Å²) >= 11 is 1.54. The largest absolute Gasteiger partial charge is 0.454 e. The van der Waals surface area contributed by atoms with E-state index in [1.807, 2.05) is 16.8 Å². The molecule has 2 aromatic rings. The molecule has 0 spiro atoms. The van der Waals surface area contributed by atoms with Gasteiger partial charge in [-0.25, -0.2) is 0 Å². The molecule has 24 heavy (non-hydrogen) atoms. The SMILES string of the molecule is COC(CNC(=O)C(=O)Nc1ccc2c(c1)OCO2)c1ccsc1. The van der Waals surface area contributed by atoms with Gasteiger partial charge in [-0.1, -0.05) is 0 Å². The van der Waals surface area contributed by atoms with Crippen LogP contribution in [0.1, 0.15) is 11.7 Å². The number of hydrogen-bond acceptors (Lipinski definition) is 6. The Morgan fingerprint density at radius 3 is 2.83 bits per heavy atom. The highest BCUT2D eigenvalue weighted by Gasteiger charge is 2.19. The van der Waals surface area contributed by atoms with Gasteiger partial charge in [0.05, 0.1) is 0 Å². The van der Waals surface area contributed by atoms with Crippen molar-refractivity contribution in [3.05, 3.63) is 40.6 Å². The molecule has 1 aromatic heterocycles. The number of carbonyl (C=O) groups is 2. The fraction of sp³-hybridized carbons (Fsp3) is 0.250. The van der Waals surface area contributed by atoms with Crippen LogP contribution in [0.15, 0.2) is 35.0 Å². The second kappa shape index (κ2) is 7.33. The lowest BCUT2D eigenvalue weighted by Gasteiger charge is -2.14. The Morgan fingerprint density at radius 1 is 1.25 bits per heavy atom. The van der Waals surface area contributed by atoms with Crippen molar-refractivity contribution in [2.45, 2.75) is 6.10 Å². The normalized spacial score (nSPS) is 13.4. The minimum absolute atomic E-state index is 0.147. The number of methoxy groups -OCH3 is 1. The van der Waals surface area contributed by atoms with Gasteiger partial charge in [0.25, 0.3) is 0 Å². The van der Waals surface area contributed by atoms with E-state index in [-0.39, 0.29) is 19.4 Å². The molecule has 2 N–H and O–H groups in total. The Hall–Kier alpha value is -2.58. The Bertz CT molecular complexity index is 732. The fourth-order valence-electron chi connectivity index (χ4n) is 2.22. The molecule has 0 saturated carbocycles. The molecule has 2 heterocycles. The molecule has 0 saturated heterocycles. The lowest BCUT2D eigenvalue weighted by molar-refractivity contribution is -0.136. The van der Waals surface area contributed by atoms with Gasteiger partial charge < -0.3 is 24.8 Å². The van der Waals surface area contributed by atoms with E-state index in [2.05, 4.69) is 10.6 Å². The molecule has 3 rings (SSSR count). The van der Waals surface area contributed by atoms with Gasteiger partial charge in [0.15, 0.2) is 11.5 Å². The van der Waals surface area contributed by atoms with Gasteiger partial charge in [0, 0.05) is 25.4 Å². The van der Waals surface area contributed by atoms with Crippen molar-refractivity contribution in [3.63, 3.8) is 0 Å². The molecular weight excluding hydrogens is 332 g/mol. The summed E-state index contributed by atoms with van der Waals surface area (Å²) in [5.41, 5.74) is 1.42. The Morgan fingerprint density at radius 2 is 2.08 bits per heavy atom. The van der Waals surface area contributed by atoms with Crippen LogP contribution in [-0.4, -0.2) is 32.3 Å². The van der Waals surface area contributed by atoms with Crippen LogP contribution in [0.25, 0.3) is 0 Å². The van der Waals surface area contributed by atoms with Crippen LogP contribution >= 0.6 is 11.3 Å². The van der Waals surface area contributed by atoms with Crippen LogP contribution in [0.5, 0.6) is 11.5 Å². The molecule has 0 radical (unpaired) electrons. The van der Waals surface area contributed by atoms with E-state index in [0.29, 0.717) is 17.2 Å². The number of hydrogen-bond donors (Lipinski definition) is 2. The van der Waals surface area contributed by atoms with Crippen molar-refractivity contribution in [1.29, 1.82) is 0 Å². The van der Waals surface area contributed by atoms with Crippen LogP contribution in [0, 0.1) is 0 Å². The van der Waals surface area contributed by atoms with Crippen LogP contribution < -0.4 is 20.1 Å². The number of amides is 2. The van der Waals surface area contributed by atoms with E-state index in [4.69, 9.17) is 14.2 Å². The number of rotatable bonds is 5. The summed E-state index contributed by atoms with van der Waals surface area (Å²) in [4.78, 5) is 23.9. The van der Waals surface area contributed by atoms with Gasteiger partial charge in [0.1, 0.15) is 6.10 Å². The first-order valence-electron chi connectivity index (χ1n) is 7.21. The molecule has 0 bridgehead atoms. The predicted molar refractivity (Wildman–Crippen MR) is 88.3 cm³/mol. The smallest absolute Gasteiger partial charge is 0.313 e. The third-order valence-corrected chi connectivity index (χ3v) is 4.19. The van der Waals surface area contributed by atoms with Crippen molar-refractivity contribution in [1.82, 2.24) is 5.32 Å². The predicted octanol–water partition coefficient (Wildman–Crippen LogP) is 1.92. The number of fused-ring (bicyclic) bond motifs is 1. The van der Waals surface area contributed by atoms with Gasteiger partial charge in [-0.3, -0.25) is 9.59 Å². The monoisotopic (exact) mass is 348 g/mol. The third-order valence-electron chi connectivity index (χ3n) is 3.48. The molecule has 1 atom stereocenters. The van der Waals surface area contributed by atoms with E-state index in [9.17, 15) is 9.59 Å². The molecule has 7 nitrogen and oxygen atoms in total. The number of anilines is 1. The fourth-order valence-corrected chi connectivity index (χ4v) is 2.93. The van der Waals surface area contributed by atoms with Crippen molar-refractivity contribution in [3.8, 4) is 11.5 Å². The number of nitrogens with one attached hydrogen (secondary N) is 2. The second-order valence-electron chi connectivity index (χ2n) is 5.01. The van der Waals surface area contributed by atoms with Gasteiger partial charge in [-0.15, -0.1) is 0 Å². The zero-order valence-electron chi connectivity index (χ0n) is 12.9. The van der Waals surface area contributed by atoms with Crippen molar-refractivity contribution < 1.29 is 23.8 Å². The van der Waals surface area contributed by atoms with Crippen molar-refractivity contribution in [2.75, 3.05) is 25.8 Å². The molecule has 1 unspecified atom stereocenters. The lowest BCUT2D eigenvalue weighted by atomic mass is 10.2. The maximum atomic E-state index is 12.0. The Kier molecular flexibility index (Phi) is 4.97. The van der Waals surface area contributed by atoms with E-state index >= 15 is 0 Å². The molecule has 8 heteroatoms. The minimum atomic E-state index is -0.756. The summed E-state index contributed by atoms with van der Waals surface area (Å²) in [6, 6.07) is 6.84. The first-order chi connectivity index (χ1) is 11.7. The molecule has 126 valence electrons. The van der Waals surface area contributed by atoms with E-state index in [1.54, 1.807) is 36.6 Å². The first kappa shape index (κ1) is 16.3. The number of carbonyl (C=O) groups excluding carboxylic acids is 2. The van der Waals surface area contributed by atoms with Crippen LogP contribution in [0.2, 0.25) is 0 Å². The molecular formula is C16H16N2O5S. The molecule has 1 aliphatic heterocycles. The third kappa shape index (κ3) is 3.66. The standard InChI is InChI=1S/C16H16N2O5S/c1-21-14(10-4-5-24-8-10)7-17-15(19)16(20)18-11-2-3-12-13(6-11)23-9-22-12/h2-6,8,14H,7,9H2,1H3,(H,17,19)(H,18,20). The van der Waals surface area contributed by atoms with Gasteiger partial charge in [-0.2, -0.15) is 11.3 Å². The zero-order chi connectivity index (χ0) is 16.9. The van der Waals surface area contributed by atoms with Crippen LogP contribution in [-0.2, 0) is 14.3 Å². The number of thiophene rings is 1. The average Bonchev–Trinajstić information content (AvgIpc) is 3.26. The van der Waals surface area contributed by atoms with Gasteiger partial charge in [0.2, 0.25) is 6.79 Å². The maximum absolute atomic E-state index is 12.0. The molecule has 0 fully saturated rings. The Labute approximate surface area is 142 Å². The summed E-state index contributed by atoms with van der Waals surface area (Å²) in [6.07, 6.45) is -0.293. The second-order valence-corrected chi connectivity index (χ2v) is 5.79. The topological polar surface area (TPSA) is 85.9 Å². The molecule has 1 aliphatic rings. The molecule has 2 amide bonds. The van der Waals surface area contributed by atoms with E-state index in [1.165, 1.54) is 0 Å². The van der Waals surface area contributed by atoms with Crippen molar-refractivity contribution in [2.24, 2.45) is 0 Å². The molecule has 1 aromatic carbocycles. The summed E-state index contributed by atoms with van der Waals surface area (Å²) in [7, 11) is 1.56.